The summed E-state index contributed by atoms with van der Waals surface area (Å²) in [5.41, 5.74) is 8.94. The van der Waals surface area contributed by atoms with Gasteiger partial charge in [-0.2, -0.15) is 0 Å². The minimum absolute atomic E-state index is 0.392. The molecule has 2 rings (SSSR count). The molecule has 0 bridgehead atoms. The number of para-hydroxylation sites is 1. The van der Waals surface area contributed by atoms with Crippen molar-refractivity contribution in [1.29, 1.82) is 0 Å². The van der Waals surface area contributed by atoms with Gasteiger partial charge in [-0.15, -0.1) is 0 Å². The zero-order chi connectivity index (χ0) is 15.2. The maximum absolute atomic E-state index is 11.7. The van der Waals surface area contributed by atoms with Crippen LogP contribution in [0.3, 0.4) is 0 Å². The van der Waals surface area contributed by atoms with E-state index < -0.39 is 5.97 Å². The number of benzene rings is 1. The highest BCUT2D eigenvalue weighted by molar-refractivity contribution is 5.98. The van der Waals surface area contributed by atoms with Gasteiger partial charge in [-0.1, -0.05) is 6.07 Å². The topological polar surface area (TPSA) is 68.5 Å². The highest BCUT2D eigenvalue weighted by Crippen LogP contribution is 2.28. The molecule has 5 nitrogen and oxygen atoms in total. The van der Waals surface area contributed by atoms with Crippen molar-refractivity contribution in [3.63, 3.8) is 0 Å². The Labute approximate surface area is 124 Å². The molecule has 0 spiro atoms. The van der Waals surface area contributed by atoms with Crippen molar-refractivity contribution in [3.8, 4) is 0 Å². The van der Waals surface area contributed by atoms with Crippen molar-refractivity contribution in [1.82, 2.24) is 4.98 Å². The van der Waals surface area contributed by atoms with Gasteiger partial charge in [0.15, 0.2) is 0 Å². The molecule has 1 aromatic carbocycles. The largest absolute Gasteiger partial charge is 0.465 e. The van der Waals surface area contributed by atoms with Gasteiger partial charge < -0.3 is 15.4 Å². The van der Waals surface area contributed by atoms with Crippen LogP contribution in [0.2, 0.25) is 0 Å². The Morgan fingerprint density at radius 3 is 2.62 bits per heavy atom. The second-order valence-corrected chi connectivity index (χ2v) is 4.60. The van der Waals surface area contributed by atoms with Gasteiger partial charge in [0.2, 0.25) is 0 Å². The predicted molar refractivity (Wildman–Crippen MR) is 83.2 cm³/mol. The molecular formula is C16H19N3O2. The number of rotatable bonds is 5. The standard InChI is InChI=1S/C16H19N3O2/c1-3-19(11-12-7-9-18-10-8-12)14-6-4-5-13(15(14)17)16(20)21-2/h4-10H,3,11,17H2,1-2H3. The van der Waals surface area contributed by atoms with Gasteiger partial charge in [-0.3, -0.25) is 4.98 Å². The van der Waals surface area contributed by atoms with E-state index in [1.165, 1.54) is 7.11 Å². The minimum atomic E-state index is -0.422. The van der Waals surface area contributed by atoms with Crippen molar-refractivity contribution >= 4 is 17.3 Å². The molecule has 0 fully saturated rings. The first-order valence-electron chi connectivity index (χ1n) is 6.78. The number of pyridine rings is 1. The maximum Gasteiger partial charge on any atom is 0.340 e. The zero-order valence-electron chi connectivity index (χ0n) is 12.2. The van der Waals surface area contributed by atoms with Crippen LogP contribution < -0.4 is 10.6 Å². The molecule has 5 heteroatoms. The van der Waals surface area contributed by atoms with Gasteiger partial charge in [0, 0.05) is 25.5 Å². The summed E-state index contributed by atoms with van der Waals surface area (Å²) in [4.78, 5) is 17.8. The smallest absolute Gasteiger partial charge is 0.340 e. The number of anilines is 2. The molecule has 0 saturated carbocycles. The first-order chi connectivity index (χ1) is 10.2. The van der Waals surface area contributed by atoms with Crippen molar-refractivity contribution in [2.24, 2.45) is 0 Å². The van der Waals surface area contributed by atoms with Gasteiger partial charge in [0.1, 0.15) is 0 Å². The third-order valence-corrected chi connectivity index (χ3v) is 3.33. The number of hydrogen-bond acceptors (Lipinski definition) is 5. The Kier molecular flexibility index (Phi) is 4.77. The van der Waals surface area contributed by atoms with Crippen molar-refractivity contribution in [3.05, 3.63) is 53.9 Å². The lowest BCUT2D eigenvalue weighted by atomic mass is 10.1. The molecule has 1 aromatic heterocycles. The van der Waals surface area contributed by atoms with Crippen LogP contribution >= 0.6 is 0 Å². The average Bonchev–Trinajstić information content (AvgIpc) is 2.53. The van der Waals surface area contributed by atoms with E-state index in [1.54, 1.807) is 18.5 Å². The number of esters is 1. The predicted octanol–water partition coefficient (Wildman–Crippen LogP) is 2.48. The lowest BCUT2D eigenvalue weighted by Crippen LogP contribution is -2.24. The third-order valence-electron chi connectivity index (χ3n) is 3.33. The van der Waals surface area contributed by atoms with Crippen LogP contribution in [0.1, 0.15) is 22.8 Å². The fraction of sp³-hybridized carbons (Fsp3) is 0.250. The minimum Gasteiger partial charge on any atom is -0.465 e. The van der Waals surface area contributed by atoms with Crippen LogP contribution in [0.15, 0.2) is 42.7 Å². The first-order valence-corrected chi connectivity index (χ1v) is 6.78. The molecule has 0 radical (unpaired) electrons. The number of carbonyl (C=O) groups excluding carboxylic acids is 1. The second kappa shape index (κ2) is 6.74. The summed E-state index contributed by atoms with van der Waals surface area (Å²) in [5.74, 6) is -0.422. The SMILES string of the molecule is CCN(Cc1ccncc1)c1cccc(C(=O)OC)c1N. The van der Waals surface area contributed by atoms with E-state index in [9.17, 15) is 4.79 Å². The molecule has 0 unspecified atom stereocenters. The summed E-state index contributed by atoms with van der Waals surface area (Å²) in [7, 11) is 1.35. The van der Waals surface area contributed by atoms with Gasteiger partial charge in [-0.05, 0) is 36.8 Å². The van der Waals surface area contributed by atoms with Crippen LogP contribution in [-0.2, 0) is 11.3 Å². The number of methoxy groups -OCH3 is 1. The van der Waals surface area contributed by atoms with Gasteiger partial charge >= 0.3 is 5.97 Å². The summed E-state index contributed by atoms with van der Waals surface area (Å²) >= 11 is 0. The van der Waals surface area contributed by atoms with Gasteiger partial charge in [0.25, 0.3) is 0 Å². The number of nitrogens with two attached hydrogens (primary N) is 1. The Hall–Kier alpha value is -2.56. The van der Waals surface area contributed by atoms with E-state index >= 15 is 0 Å². The first kappa shape index (κ1) is 14.8. The van der Waals surface area contributed by atoms with Crippen LogP contribution in [0, 0.1) is 0 Å². The van der Waals surface area contributed by atoms with Crippen LogP contribution in [-0.4, -0.2) is 24.6 Å². The molecule has 21 heavy (non-hydrogen) atoms. The lowest BCUT2D eigenvalue weighted by molar-refractivity contribution is 0.0602. The fourth-order valence-corrected chi connectivity index (χ4v) is 2.19. The molecule has 0 aliphatic rings. The van der Waals surface area contributed by atoms with Gasteiger partial charge in [-0.25, -0.2) is 4.79 Å². The fourth-order valence-electron chi connectivity index (χ4n) is 2.19. The zero-order valence-corrected chi connectivity index (χ0v) is 12.2. The van der Waals surface area contributed by atoms with Crippen LogP contribution in [0.25, 0.3) is 0 Å². The number of nitrogen functional groups attached to an aromatic ring is 1. The van der Waals surface area contributed by atoms with Gasteiger partial charge in [0.05, 0.1) is 24.0 Å². The number of nitrogens with zero attached hydrogens (tertiary/aromatic N) is 2. The molecule has 2 aromatic rings. The summed E-state index contributed by atoms with van der Waals surface area (Å²) in [5, 5.41) is 0. The molecule has 0 atom stereocenters. The Bertz CT molecular complexity index is 614. The highest BCUT2D eigenvalue weighted by Gasteiger charge is 2.16. The molecule has 0 aliphatic carbocycles. The lowest BCUT2D eigenvalue weighted by Gasteiger charge is -2.25. The van der Waals surface area contributed by atoms with Crippen molar-refractivity contribution < 1.29 is 9.53 Å². The Balaban J connectivity index is 2.32. The molecule has 2 N–H and O–H groups in total. The normalized spacial score (nSPS) is 10.2. The maximum atomic E-state index is 11.7. The Morgan fingerprint density at radius 1 is 1.29 bits per heavy atom. The van der Waals surface area contributed by atoms with E-state index in [1.807, 2.05) is 31.2 Å². The molecule has 0 amide bonds. The molecule has 0 saturated heterocycles. The Morgan fingerprint density at radius 2 is 2.00 bits per heavy atom. The van der Waals surface area contributed by atoms with E-state index in [4.69, 9.17) is 10.5 Å². The third kappa shape index (κ3) is 3.31. The number of carbonyl (C=O) groups is 1. The van der Waals surface area contributed by atoms with E-state index in [0.29, 0.717) is 17.8 Å². The van der Waals surface area contributed by atoms with E-state index in [2.05, 4.69) is 9.88 Å². The summed E-state index contributed by atoms with van der Waals surface area (Å²) in [6, 6.07) is 9.32. The highest BCUT2D eigenvalue weighted by atomic mass is 16.5. The average molecular weight is 285 g/mol. The molecule has 1 heterocycles. The summed E-state index contributed by atoms with van der Waals surface area (Å²) < 4.78 is 4.76. The quantitative estimate of drug-likeness (QED) is 0.675. The number of ether oxygens (including phenoxy) is 1. The monoisotopic (exact) mass is 285 g/mol. The molecular weight excluding hydrogens is 266 g/mol. The van der Waals surface area contributed by atoms with Crippen molar-refractivity contribution in [2.75, 3.05) is 24.3 Å². The molecule has 0 aliphatic heterocycles. The summed E-state index contributed by atoms with van der Waals surface area (Å²) in [6.45, 7) is 3.52. The van der Waals surface area contributed by atoms with E-state index in [0.717, 1.165) is 17.8 Å². The second-order valence-electron chi connectivity index (χ2n) is 4.60. The number of aromatic nitrogens is 1. The molecule has 110 valence electrons. The number of hydrogen-bond donors (Lipinski definition) is 1. The van der Waals surface area contributed by atoms with Crippen LogP contribution in [0.4, 0.5) is 11.4 Å². The summed E-state index contributed by atoms with van der Waals surface area (Å²) in [6.07, 6.45) is 3.52. The van der Waals surface area contributed by atoms with Crippen LogP contribution in [0.5, 0.6) is 0 Å². The van der Waals surface area contributed by atoms with E-state index in [-0.39, 0.29) is 0 Å². The van der Waals surface area contributed by atoms with Crippen molar-refractivity contribution in [2.45, 2.75) is 13.5 Å².